The first-order valence-corrected chi connectivity index (χ1v) is 6.41. The average molecular weight is 255 g/mol. The molecule has 1 fully saturated rings. The molecule has 0 aromatic carbocycles. The first kappa shape index (κ1) is 8.96. The predicted molar refractivity (Wildman–Crippen MR) is 59.5 cm³/mol. The minimum Gasteiger partial charge on any atom is -0.255 e. The van der Waals surface area contributed by atoms with Crippen molar-refractivity contribution in [2.45, 2.75) is 51.0 Å². The third kappa shape index (κ3) is 1.25. The summed E-state index contributed by atoms with van der Waals surface area (Å²) in [6.45, 7) is 0. The molecule has 0 aliphatic heterocycles. The van der Waals surface area contributed by atoms with Crippen molar-refractivity contribution < 1.29 is 0 Å². The van der Waals surface area contributed by atoms with E-state index >= 15 is 0 Å². The van der Waals surface area contributed by atoms with Gasteiger partial charge in [0.1, 0.15) is 4.60 Å². The van der Waals surface area contributed by atoms with Crippen LogP contribution in [-0.2, 0) is 12.8 Å². The lowest BCUT2D eigenvalue weighted by molar-refractivity contribution is 0.452. The van der Waals surface area contributed by atoms with Gasteiger partial charge >= 0.3 is 0 Å². The molecule has 1 heterocycles. The molecule has 0 N–H and O–H groups in total. The largest absolute Gasteiger partial charge is 0.255 e. The smallest absolute Gasteiger partial charge is 0.107 e. The van der Waals surface area contributed by atoms with E-state index in [0.29, 0.717) is 6.04 Å². The van der Waals surface area contributed by atoms with Crippen molar-refractivity contribution in [1.82, 2.24) is 9.78 Å². The molecule has 76 valence electrons. The highest BCUT2D eigenvalue weighted by Gasteiger charge is 2.25. The second-order valence-electron chi connectivity index (χ2n) is 4.45. The summed E-state index contributed by atoms with van der Waals surface area (Å²) < 4.78 is 3.52. The Morgan fingerprint density at radius 3 is 2.64 bits per heavy atom. The topological polar surface area (TPSA) is 17.8 Å². The molecule has 2 aliphatic rings. The fourth-order valence-electron chi connectivity index (χ4n) is 2.76. The molecule has 3 rings (SSSR count). The summed E-state index contributed by atoms with van der Waals surface area (Å²) in [5.74, 6) is 0. The molecular weight excluding hydrogens is 240 g/mol. The standard InChI is InChI=1S/C11H15BrN2/c12-11-9-6-3-7-10(9)13-14(11)8-4-1-2-5-8/h8H,1-7H2. The highest BCUT2D eigenvalue weighted by atomic mass is 79.9. The molecule has 14 heavy (non-hydrogen) atoms. The molecule has 0 bridgehead atoms. The third-order valence-electron chi connectivity index (χ3n) is 3.54. The van der Waals surface area contributed by atoms with Crippen molar-refractivity contribution in [3.63, 3.8) is 0 Å². The quantitative estimate of drug-likeness (QED) is 0.753. The maximum absolute atomic E-state index is 4.74. The molecule has 1 aromatic rings. The summed E-state index contributed by atoms with van der Waals surface area (Å²) in [4.78, 5) is 0. The third-order valence-corrected chi connectivity index (χ3v) is 4.38. The van der Waals surface area contributed by atoms with E-state index in [1.807, 2.05) is 0 Å². The van der Waals surface area contributed by atoms with Crippen LogP contribution in [0.1, 0.15) is 49.4 Å². The summed E-state index contributed by atoms with van der Waals surface area (Å²) in [7, 11) is 0. The van der Waals surface area contributed by atoms with E-state index in [4.69, 9.17) is 5.10 Å². The van der Waals surface area contributed by atoms with E-state index in [0.717, 1.165) is 0 Å². The van der Waals surface area contributed by atoms with Gasteiger partial charge in [-0.25, -0.2) is 0 Å². The average Bonchev–Trinajstić information content (AvgIpc) is 2.84. The van der Waals surface area contributed by atoms with Gasteiger partial charge in [-0.3, -0.25) is 4.68 Å². The first-order valence-electron chi connectivity index (χ1n) is 5.62. The second kappa shape index (κ2) is 3.37. The van der Waals surface area contributed by atoms with Gasteiger partial charge < -0.3 is 0 Å². The van der Waals surface area contributed by atoms with Gasteiger partial charge in [-0.15, -0.1) is 0 Å². The number of aromatic nitrogens is 2. The van der Waals surface area contributed by atoms with Crippen LogP contribution < -0.4 is 0 Å². The Kier molecular flexibility index (Phi) is 2.15. The summed E-state index contributed by atoms with van der Waals surface area (Å²) >= 11 is 3.71. The van der Waals surface area contributed by atoms with E-state index < -0.39 is 0 Å². The van der Waals surface area contributed by atoms with Crippen molar-refractivity contribution in [2.75, 3.05) is 0 Å². The molecule has 0 unspecified atom stereocenters. The van der Waals surface area contributed by atoms with Gasteiger partial charge in [0.2, 0.25) is 0 Å². The molecule has 2 nitrogen and oxygen atoms in total. The summed E-state index contributed by atoms with van der Waals surface area (Å²) in [6, 6.07) is 0.676. The molecule has 3 heteroatoms. The Morgan fingerprint density at radius 1 is 1.14 bits per heavy atom. The maximum Gasteiger partial charge on any atom is 0.107 e. The van der Waals surface area contributed by atoms with Gasteiger partial charge in [0.25, 0.3) is 0 Å². The van der Waals surface area contributed by atoms with Crippen molar-refractivity contribution in [2.24, 2.45) is 0 Å². The van der Waals surface area contributed by atoms with E-state index in [-0.39, 0.29) is 0 Å². The molecule has 1 aromatic heterocycles. The Hall–Kier alpha value is -0.310. The van der Waals surface area contributed by atoms with Crippen LogP contribution in [0.3, 0.4) is 0 Å². The van der Waals surface area contributed by atoms with Crippen LogP contribution in [0.4, 0.5) is 0 Å². The number of halogens is 1. The number of hydrogen-bond acceptors (Lipinski definition) is 1. The number of nitrogens with zero attached hydrogens (tertiary/aromatic N) is 2. The van der Waals surface area contributed by atoms with E-state index in [1.54, 1.807) is 0 Å². The van der Waals surface area contributed by atoms with Crippen LogP contribution >= 0.6 is 15.9 Å². The summed E-state index contributed by atoms with van der Waals surface area (Å²) in [6.07, 6.45) is 9.10. The minimum absolute atomic E-state index is 0.676. The van der Waals surface area contributed by atoms with Crippen LogP contribution in [0, 0.1) is 0 Å². The molecule has 0 amide bonds. The van der Waals surface area contributed by atoms with Gasteiger partial charge in [-0.1, -0.05) is 12.8 Å². The molecule has 0 atom stereocenters. The normalized spacial score (nSPS) is 21.8. The minimum atomic E-state index is 0.676. The molecule has 0 radical (unpaired) electrons. The Labute approximate surface area is 92.8 Å². The van der Waals surface area contributed by atoms with Gasteiger partial charge in [-0.2, -0.15) is 5.10 Å². The fraction of sp³-hybridized carbons (Fsp3) is 0.727. The SMILES string of the molecule is Brc1c2c(nn1C1CCCC1)CCC2. The number of aryl methyl sites for hydroxylation is 1. The summed E-state index contributed by atoms with van der Waals surface area (Å²) in [5, 5.41) is 4.74. The van der Waals surface area contributed by atoms with Crippen molar-refractivity contribution in [3.05, 3.63) is 15.9 Å². The predicted octanol–water partition coefficient (Wildman–Crippen LogP) is 3.25. The van der Waals surface area contributed by atoms with Gasteiger partial charge in [0.15, 0.2) is 0 Å². The zero-order valence-electron chi connectivity index (χ0n) is 8.30. The van der Waals surface area contributed by atoms with Crippen LogP contribution in [0.5, 0.6) is 0 Å². The van der Waals surface area contributed by atoms with Crippen molar-refractivity contribution >= 4 is 15.9 Å². The lowest BCUT2D eigenvalue weighted by atomic mass is 10.2. The van der Waals surface area contributed by atoms with Crippen molar-refractivity contribution in [3.8, 4) is 0 Å². The molecule has 0 saturated heterocycles. The van der Waals surface area contributed by atoms with Gasteiger partial charge in [0.05, 0.1) is 11.7 Å². The van der Waals surface area contributed by atoms with Crippen LogP contribution in [-0.4, -0.2) is 9.78 Å². The van der Waals surface area contributed by atoms with Gasteiger partial charge in [0, 0.05) is 5.56 Å². The summed E-state index contributed by atoms with van der Waals surface area (Å²) in [5.41, 5.74) is 2.83. The van der Waals surface area contributed by atoms with Gasteiger partial charge in [-0.05, 0) is 48.0 Å². The van der Waals surface area contributed by atoms with Crippen LogP contribution in [0.2, 0.25) is 0 Å². The highest BCUT2D eigenvalue weighted by Crippen LogP contribution is 2.36. The number of hydrogen-bond donors (Lipinski definition) is 0. The lowest BCUT2D eigenvalue weighted by Crippen LogP contribution is -2.07. The molecule has 2 aliphatic carbocycles. The van der Waals surface area contributed by atoms with E-state index in [1.165, 1.54) is 60.8 Å². The second-order valence-corrected chi connectivity index (χ2v) is 5.20. The van der Waals surface area contributed by atoms with Crippen LogP contribution in [0.15, 0.2) is 4.60 Å². The monoisotopic (exact) mass is 254 g/mol. The van der Waals surface area contributed by atoms with E-state index in [9.17, 15) is 0 Å². The Bertz CT molecular complexity index is 350. The Balaban J connectivity index is 1.98. The maximum atomic E-state index is 4.74. The van der Waals surface area contributed by atoms with Crippen LogP contribution in [0.25, 0.3) is 0 Å². The molecule has 0 spiro atoms. The fourth-order valence-corrected chi connectivity index (χ4v) is 3.56. The highest BCUT2D eigenvalue weighted by molar-refractivity contribution is 9.10. The van der Waals surface area contributed by atoms with E-state index in [2.05, 4.69) is 20.6 Å². The molecule has 1 saturated carbocycles. The Morgan fingerprint density at radius 2 is 1.93 bits per heavy atom. The zero-order chi connectivity index (χ0) is 9.54. The van der Waals surface area contributed by atoms with Crippen molar-refractivity contribution in [1.29, 1.82) is 0 Å². The lowest BCUT2D eigenvalue weighted by Gasteiger charge is -2.11. The molecular formula is C11H15BrN2. The first-order chi connectivity index (χ1) is 6.86. The number of rotatable bonds is 1. The number of fused-ring (bicyclic) bond motifs is 1. The zero-order valence-corrected chi connectivity index (χ0v) is 9.89.